The molecule has 1 aliphatic carbocycles. The van der Waals surface area contributed by atoms with Crippen molar-refractivity contribution >= 4 is 22.4 Å². The number of anilines is 2. The van der Waals surface area contributed by atoms with Crippen LogP contribution >= 0.6 is 0 Å². The highest BCUT2D eigenvalue weighted by molar-refractivity contribution is 5.91. The fourth-order valence-corrected chi connectivity index (χ4v) is 3.04. The standard InChI is InChI=1S/C15H20N4O/c1-19(13-4-2-3-5-14(13)20)15-11-8-10(16)6-7-12(11)17-9-18-15/h6-9,13-14,20H,2-5,16H2,1H3. The van der Waals surface area contributed by atoms with Crippen molar-refractivity contribution in [2.24, 2.45) is 0 Å². The van der Waals surface area contributed by atoms with Gasteiger partial charge in [0.2, 0.25) is 0 Å². The van der Waals surface area contributed by atoms with Gasteiger partial charge in [0.05, 0.1) is 17.7 Å². The van der Waals surface area contributed by atoms with Gasteiger partial charge in [-0.15, -0.1) is 0 Å². The van der Waals surface area contributed by atoms with E-state index in [2.05, 4.69) is 14.9 Å². The van der Waals surface area contributed by atoms with Crippen LogP contribution in [-0.4, -0.2) is 34.3 Å². The van der Waals surface area contributed by atoms with Crippen LogP contribution in [0.2, 0.25) is 0 Å². The van der Waals surface area contributed by atoms with Gasteiger partial charge in [-0.2, -0.15) is 0 Å². The van der Waals surface area contributed by atoms with Gasteiger partial charge >= 0.3 is 0 Å². The summed E-state index contributed by atoms with van der Waals surface area (Å²) in [6.45, 7) is 0. The molecule has 5 heteroatoms. The predicted octanol–water partition coefficient (Wildman–Crippen LogP) is 1.95. The molecule has 106 valence electrons. The molecule has 0 aliphatic heterocycles. The molecule has 0 spiro atoms. The van der Waals surface area contributed by atoms with Gasteiger partial charge in [0.25, 0.3) is 0 Å². The predicted molar refractivity (Wildman–Crippen MR) is 80.6 cm³/mol. The van der Waals surface area contributed by atoms with Gasteiger partial charge in [0, 0.05) is 18.1 Å². The third kappa shape index (κ3) is 2.29. The van der Waals surface area contributed by atoms with Crippen molar-refractivity contribution in [3.63, 3.8) is 0 Å². The van der Waals surface area contributed by atoms with Crippen molar-refractivity contribution in [3.8, 4) is 0 Å². The fourth-order valence-electron chi connectivity index (χ4n) is 3.04. The van der Waals surface area contributed by atoms with E-state index in [-0.39, 0.29) is 12.1 Å². The normalized spacial score (nSPS) is 22.9. The number of aliphatic hydroxyl groups excluding tert-OH is 1. The van der Waals surface area contributed by atoms with Crippen LogP contribution in [0.3, 0.4) is 0 Å². The molecule has 2 unspecified atom stereocenters. The van der Waals surface area contributed by atoms with Crippen LogP contribution in [0.5, 0.6) is 0 Å². The molecule has 1 aliphatic rings. The summed E-state index contributed by atoms with van der Waals surface area (Å²) in [5.74, 6) is 0.841. The van der Waals surface area contributed by atoms with Gasteiger partial charge in [-0.1, -0.05) is 12.8 Å². The SMILES string of the molecule is CN(c1ncnc2ccc(N)cc12)C1CCCCC1O. The molecule has 0 saturated heterocycles. The minimum atomic E-state index is -0.292. The van der Waals surface area contributed by atoms with E-state index in [1.807, 2.05) is 25.2 Å². The molecule has 1 aromatic carbocycles. The van der Waals surface area contributed by atoms with Crippen LogP contribution in [0, 0.1) is 0 Å². The summed E-state index contributed by atoms with van der Waals surface area (Å²) in [6, 6.07) is 5.76. The lowest BCUT2D eigenvalue weighted by Crippen LogP contribution is -2.43. The van der Waals surface area contributed by atoms with Crippen molar-refractivity contribution in [1.82, 2.24) is 9.97 Å². The van der Waals surface area contributed by atoms with Gasteiger partial charge in [0.1, 0.15) is 12.1 Å². The van der Waals surface area contributed by atoms with E-state index in [0.717, 1.165) is 42.4 Å². The Hall–Kier alpha value is -1.88. The summed E-state index contributed by atoms with van der Waals surface area (Å²) in [6.07, 6.45) is 5.38. The number of fused-ring (bicyclic) bond motifs is 1. The molecule has 1 heterocycles. The van der Waals surface area contributed by atoms with E-state index in [1.165, 1.54) is 0 Å². The summed E-state index contributed by atoms with van der Waals surface area (Å²) in [4.78, 5) is 10.8. The van der Waals surface area contributed by atoms with E-state index >= 15 is 0 Å². The second kappa shape index (κ2) is 5.25. The Kier molecular flexibility index (Phi) is 3.44. The van der Waals surface area contributed by atoms with E-state index < -0.39 is 0 Å². The summed E-state index contributed by atoms with van der Waals surface area (Å²) in [5, 5.41) is 11.2. The molecule has 20 heavy (non-hydrogen) atoms. The highest BCUT2D eigenvalue weighted by atomic mass is 16.3. The molecule has 3 N–H and O–H groups in total. The highest BCUT2D eigenvalue weighted by Gasteiger charge is 2.28. The van der Waals surface area contributed by atoms with Crippen LogP contribution in [0.1, 0.15) is 25.7 Å². The Labute approximate surface area is 118 Å². The van der Waals surface area contributed by atoms with Crippen molar-refractivity contribution < 1.29 is 5.11 Å². The number of hydrogen-bond acceptors (Lipinski definition) is 5. The Morgan fingerprint density at radius 3 is 2.85 bits per heavy atom. The minimum absolute atomic E-state index is 0.114. The molecule has 2 atom stereocenters. The van der Waals surface area contributed by atoms with Crippen LogP contribution < -0.4 is 10.6 Å². The van der Waals surface area contributed by atoms with Crippen molar-refractivity contribution in [3.05, 3.63) is 24.5 Å². The Morgan fingerprint density at radius 1 is 1.25 bits per heavy atom. The van der Waals surface area contributed by atoms with E-state index in [1.54, 1.807) is 6.33 Å². The first-order valence-electron chi connectivity index (χ1n) is 7.08. The zero-order chi connectivity index (χ0) is 14.1. The number of likely N-dealkylation sites (N-methyl/N-ethyl adjacent to an activating group) is 1. The van der Waals surface area contributed by atoms with Crippen LogP contribution in [0.25, 0.3) is 10.9 Å². The summed E-state index contributed by atoms with van der Waals surface area (Å²) in [7, 11) is 1.99. The highest BCUT2D eigenvalue weighted by Crippen LogP contribution is 2.30. The molecule has 0 bridgehead atoms. The largest absolute Gasteiger partial charge is 0.399 e. The monoisotopic (exact) mass is 272 g/mol. The average Bonchev–Trinajstić information content (AvgIpc) is 2.46. The van der Waals surface area contributed by atoms with Gasteiger partial charge in [-0.05, 0) is 31.0 Å². The first kappa shape index (κ1) is 13.1. The van der Waals surface area contributed by atoms with Crippen LogP contribution in [0.4, 0.5) is 11.5 Å². The Bertz CT molecular complexity index is 616. The van der Waals surface area contributed by atoms with Gasteiger partial charge in [-0.3, -0.25) is 0 Å². The van der Waals surface area contributed by atoms with Gasteiger partial charge < -0.3 is 15.7 Å². The molecule has 5 nitrogen and oxygen atoms in total. The third-order valence-corrected chi connectivity index (χ3v) is 4.16. The fraction of sp³-hybridized carbons (Fsp3) is 0.467. The molecule has 1 fully saturated rings. The smallest absolute Gasteiger partial charge is 0.140 e. The number of benzene rings is 1. The zero-order valence-electron chi connectivity index (χ0n) is 11.7. The summed E-state index contributed by atoms with van der Waals surface area (Å²) < 4.78 is 0. The van der Waals surface area contributed by atoms with Gasteiger partial charge in [0.15, 0.2) is 0 Å². The molecule has 0 radical (unpaired) electrons. The quantitative estimate of drug-likeness (QED) is 0.817. The lowest BCUT2D eigenvalue weighted by atomic mass is 9.91. The lowest BCUT2D eigenvalue weighted by molar-refractivity contribution is 0.106. The maximum atomic E-state index is 10.2. The van der Waals surface area contributed by atoms with E-state index in [9.17, 15) is 5.11 Å². The number of rotatable bonds is 2. The summed E-state index contributed by atoms with van der Waals surface area (Å²) >= 11 is 0. The van der Waals surface area contributed by atoms with Crippen molar-refractivity contribution in [2.45, 2.75) is 37.8 Å². The Morgan fingerprint density at radius 2 is 2.05 bits per heavy atom. The first-order valence-corrected chi connectivity index (χ1v) is 7.08. The maximum absolute atomic E-state index is 10.2. The number of nitrogens with two attached hydrogens (primary N) is 1. The second-order valence-electron chi connectivity index (χ2n) is 5.50. The molecule has 2 aromatic rings. The number of nitrogens with zero attached hydrogens (tertiary/aromatic N) is 3. The van der Waals surface area contributed by atoms with Crippen LogP contribution in [0.15, 0.2) is 24.5 Å². The molecule has 1 aromatic heterocycles. The average molecular weight is 272 g/mol. The van der Waals surface area contributed by atoms with Crippen molar-refractivity contribution in [1.29, 1.82) is 0 Å². The maximum Gasteiger partial charge on any atom is 0.140 e. The van der Waals surface area contributed by atoms with Gasteiger partial charge in [-0.25, -0.2) is 9.97 Å². The van der Waals surface area contributed by atoms with E-state index in [4.69, 9.17) is 5.73 Å². The zero-order valence-corrected chi connectivity index (χ0v) is 11.7. The second-order valence-corrected chi connectivity index (χ2v) is 5.50. The van der Waals surface area contributed by atoms with Crippen LogP contribution in [-0.2, 0) is 0 Å². The Balaban J connectivity index is 2.02. The number of aromatic nitrogens is 2. The third-order valence-electron chi connectivity index (χ3n) is 4.16. The van der Waals surface area contributed by atoms with E-state index in [0.29, 0.717) is 5.69 Å². The molecular weight excluding hydrogens is 252 g/mol. The number of aliphatic hydroxyl groups is 1. The minimum Gasteiger partial charge on any atom is -0.399 e. The van der Waals surface area contributed by atoms with Crippen molar-refractivity contribution in [2.75, 3.05) is 17.7 Å². The lowest BCUT2D eigenvalue weighted by Gasteiger charge is -2.36. The topological polar surface area (TPSA) is 75.3 Å². The number of nitrogen functional groups attached to an aromatic ring is 1. The molecule has 3 rings (SSSR count). The molecule has 1 saturated carbocycles. The summed E-state index contributed by atoms with van der Waals surface area (Å²) in [5.41, 5.74) is 7.45. The number of hydrogen-bond donors (Lipinski definition) is 2. The molecule has 0 amide bonds. The first-order chi connectivity index (χ1) is 9.66. The molecular formula is C15H20N4O.